The lowest BCUT2D eigenvalue weighted by molar-refractivity contribution is -0.124. The number of nitrogens with one attached hydrogen (secondary N) is 2. The van der Waals surface area contributed by atoms with Gasteiger partial charge in [0.2, 0.25) is 5.91 Å². The summed E-state index contributed by atoms with van der Waals surface area (Å²) in [6.07, 6.45) is 0. The molecule has 2 unspecified atom stereocenters. The molecule has 2 N–H and O–H groups in total. The Morgan fingerprint density at radius 3 is 3.11 bits per heavy atom. The van der Waals surface area contributed by atoms with Gasteiger partial charge in [0.15, 0.2) is 0 Å². The lowest BCUT2D eigenvalue weighted by atomic mass is 9.84. The van der Waals surface area contributed by atoms with Gasteiger partial charge in [-0.25, -0.2) is 0 Å². The SMILES string of the molecule is CC12COCC1Nc1cc(C#N)ccc1NC2=O. The Morgan fingerprint density at radius 1 is 1.50 bits per heavy atom. The van der Waals surface area contributed by atoms with Gasteiger partial charge in [-0.2, -0.15) is 5.26 Å². The molecule has 1 fully saturated rings. The quantitative estimate of drug-likeness (QED) is 0.720. The van der Waals surface area contributed by atoms with Crippen LogP contribution in [-0.2, 0) is 9.53 Å². The number of amides is 1. The van der Waals surface area contributed by atoms with Crippen molar-refractivity contribution in [2.24, 2.45) is 5.41 Å². The van der Waals surface area contributed by atoms with Crippen LogP contribution in [0.15, 0.2) is 18.2 Å². The summed E-state index contributed by atoms with van der Waals surface area (Å²) in [5.41, 5.74) is 1.50. The van der Waals surface area contributed by atoms with Crippen molar-refractivity contribution in [3.8, 4) is 6.07 Å². The first-order valence-corrected chi connectivity index (χ1v) is 5.83. The first-order chi connectivity index (χ1) is 8.63. The molecule has 1 aromatic carbocycles. The van der Waals surface area contributed by atoms with Gasteiger partial charge in [0.05, 0.1) is 47.7 Å². The van der Waals surface area contributed by atoms with Crippen molar-refractivity contribution in [3.63, 3.8) is 0 Å². The van der Waals surface area contributed by atoms with E-state index in [0.717, 1.165) is 11.4 Å². The molecule has 1 amide bonds. The number of carbonyl (C=O) groups is 1. The van der Waals surface area contributed by atoms with Gasteiger partial charge >= 0.3 is 0 Å². The van der Waals surface area contributed by atoms with Crippen LogP contribution in [0.5, 0.6) is 0 Å². The Bertz CT molecular complexity index is 564. The summed E-state index contributed by atoms with van der Waals surface area (Å²) in [6, 6.07) is 7.23. The van der Waals surface area contributed by atoms with E-state index < -0.39 is 5.41 Å². The fourth-order valence-electron chi connectivity index (χ4n) is 2.39. The van der Waals surface area contributed by atoms with Crippen molar-refractivity contribution in [1.82, 2.24) is 0 Å². The highest BCUT2D eigenvalue weighted by molar-refractivity contribution is 6.00. The van der Waals surface area contributed by atoms with Gasteiger partial charge in [-0.15, -0.1) is 0 Å². The molecule has 0 radical (unpaired) electrons. The average molecular weight is 243 g/mol. The first-order valence-electron chi connectivity index (χ1n) is 5.83. The van der Waals surface area contributed by atoms with Gasteiger partial charge in [-0.1, -0.05) is 0 Å². The van der Waals surface area contributed by atoms with E-state index in [2.05, 4.69) is 16.7 Å². The van der Waals surface area contributed by atoms with Crippen molar-refractivity contribution >= 4 is 17.3 Å². The zero-order chi connectivity index (χ0) is 12.8. The predicted octanol–water partition coefficient (Wildman–Crippen LogP) is 1.33. The summed E-state index contributed by atoms with van der Waals surface area (Å²) < 4.78 is 5.40. The third-order valence-corrected chi connectivity index (χ3v) is 3.70. The standard InChI is InChI=1S/C13H13N3O2/c1-13-7-18-6-11(13)15-10-4-8(5-14)2-3-9(10)16-12(13)17/h2-4,11,15H,6-7H2,1H3,(H,16,17). The lowest BCUT2D eigenvalue weighted by Crippen LogP contribution is -2.44. The highest BCUT2D eigenvalue weighted by Gasteiger charge is 2.48. The Hall–Kier alpha value is -2.06. The van der Waals surface area contributed by atoms with Crippen LogP contribution in [0, 0.1) is 16.7 Å². The smallest absolute Gasteiger partial charge is 0.234 e. The molecule has 0 saturated carbocycles. The second-order valence-corrected chi connectivity index (χ2v) is 4.96. The molecule has 92 valence electrons. The molecule has 2 heterocycles. The van der Waals surface area contributed by atoms with E-state index in [1.807, 2.05) is 6.92 Å². The minimum Gasteiger partial charge on any atom is -0.378 e. The van der Waals surface area contributed by atoms with Gasteiger partial charge < -0.3 is 15.4 Å². The number of carbonyl (C=O) groups excluding carboxylic acids is 1. The molecule has 18 heavy (non-hydrogen) atoms. The normalized spacial score (nSPS) is 29.3. The summed E-state index contributed by atoms with van der Waals surface area (Å²) >= 11 is 0. The predicted molar refractivity (Wildman–Crippen MR) is 66.1 cm³/mol. The van der Waals surface area contributed by atoms with Gasteiger partial charge in [-0.3, -0.25) is 4.79 Å². The molecule has 0 spiro atoms. The van der Waals surface area contributed by atoms with E-state index in [1.54, 1.807) is 18.2 Å². The zero-order valence-corrected chi connectivity index (χ0v) is 9.99. The number of ether oxygens (including phenoxy) is 1. The number of hydrogen-bond donors (Lipinski definition) is 2. The van der Waals surface area contributed by atoms with Gasteiger partial charge in [0, 0.05) is 0 Å². The van der Waals surface area contributed by atoms with Crippen LogP contribution in [0.1, 0.15) is 12.5 Å². The number of rotatable bonds is 0. The molecule has 0 aromatic heterocycles. The van der Waals surface area contributed by atoms with Gasteiger partial charge in [-0.05, 0) is 25.1 Å². The van der Waals surface area contributed by atoms with Crippen LogP contribution in [0.3, 0.4) is 0 Å². The van der Waals surface area contributed by atoms with E-state index in [-0.39, 0.29) is 11.9 Å². The summed E-state index contributed by atoms with van der Waals surface area (Å²) in [5.74, 6) is -0.0408. The van der Waals surface area contributed by atoms with Gasteiger partial charge in [0.25, 0.3) is 0 Å². The molecule has 0 bridgehead atoms. The van der Waals surface area contributed by atoms with Crippen molar-refractivity contribution in [1.29, 1.82) is 5.26 Å². The third kappa shape index (κ3) is 1.46. The molecule has 2 atom stereocenters. The van der Waals surface area contributed by atoms with Crippen molar-refractivity contribution < 1.29 is 9.53 Å². The molecular weight excluding hydrogens is 230 g/mol. The number of benzene rings is 1. The molecular formula is C13H13N3O2. The van der Waals surface area contributed by atoms with Crippen LogP contribution in [0.25, 0.3) is 0 Å². The van der Waals surface area contributed by atoms with E-state index >= 15 is 0 Å². The number of hydrogen-bond acceptors (Lipinski definition) is 4. The highest BCUT2D eigenvalue weighted by Crippen LogP contribution is 2.38. The summed E-state index contributed by atoms with van der Waals surface area (Å²) in [4.78, 5) is 12.2. The largest absolute Gasteiger partial charge is 0.378 e. The van der Waals surface area contributed by atoms with Crippen molar-refractivity contribution in [2.75, 3.05) is 23.8 Å². The number of nitriles is 1. The fourth-order valence-corrected chi connectivity index (χ4v) is 2.39. The Labute approximate surface area is 105 Å². The summed E-state index contributed by atoms with van der Waals surface area (Å²) in [5, 5.41) is 15.1. The monoisotopic (exact) mass is 243 g/mol. The Balaban J connectivity index is 2.06. The lowest BCUT2D eigenvalue weighted by Gasteiger charge is -2.25. The van der Waals surface area contributed by atoms with Crippen LogP contribution < -0.4 is 10.6 Å². The van der Waals surface area contributed by atoms with Crippen LogP contribution in [0.4, 0.5) is 11.4 Å². The van der Waals surface area contributed by atoms with E-state index in [0.29, 0.717) is 18.8 Å². The number of anilines is 2. The topological polar surface area (TPSA) is 74.2 Å². The van der Waals surface area contributed by atoms with Crippen molar-refractivity contribution in [2.45, 2.75) is 13.0 Å². The summed E-state index contributed by atoms with van der Waals surface area (Å²) in [6.45, 7) is 2.81. The maximum absolute atomic E-state index is 12.2. The average Bonchev–Trinajstić information content (AvgIpc) is 2.70. The fraction of sp³-hybridized carbons (Fsp3) is 0.385. The Kier molecular flexibility index (Phi) is 2.28. The van der Waals surface area contributed by atoms with Crippen LogP contribution in [-0.4, -0.2) is 25.2 Å². The summed E-state index contributed by atoms with van der Waals surface area (Å²) in [7, 11) is 0. The number of fused-ring (bicyclic) bond motifs is 2. The molecule has 0 aliphatic carbocycles. The number of nitrogens with zero attached hydrogens (tertiary/aromatic N) is 1. The third-order valence-electron chi connectivity index (χ3n) is 3.70. The molecule has 3 rings (SSSR count). The van der Waals surface area contributed by atoms with Crippen molar-refractivity contribution in [3.05, 3.63) is 23.8 Å². The van der Waals surface area contributed by atoms with E-state index in [4.69, 9.17) is 10.00 Å². The molecule has 1 saturated heterocycles. The highest BCUT2D eigenvalue weighted by atomic mass is 16.5. The maximum atomic E-state index is 12.2. The first kappa shape index (κ1) is 11.1. The van der Waals surface area contributed by atoms with E-state index in [1.165, 1.54) is 0 Å². The maximum Gasteiger partial charge on any atom is 0.234 e. The molecule has 5 nitrogen and oxygen atoms in total. The molecule has 1 aromatic rings. The van der Waals surface area contributed by atoms with Crippen LogP contribution >= 0.6 is 0 Å². The molecule has 2 aliphatic rings. The van der Waals surface area contributed by atoms with Gasteiger partial charge in [0.1, 0.15) is 0 Å². The second kappa shape index (κ2) is 3.72. The Morgan fingerprint density at radius 2 is 2.33 bits per heavy atom. The van der Waals surface area contributed by atoms with Crippen LogP contribution in [0.2, 0.25) is 0 Å². The minimum atomic E-state index is -0.564. The van der Waals surface area contributed by atoms with E-state index in [9.17, 15) is 4.79 Å². The molecule has 2 aliphatic heterocycles. The second-order valence-electron chi connectivity index (χ2n) is 4.96. The molecule has 5 heteroatoms. The zero-order valence-electron chi connectivity index (χ0n) is 9.99. The minimum absolute atomic E-state index is 0.0408.